The van der Waals surface area contributed by atoms with Crippen LogP contribution in [0.3, 0.4) is 0 Å². The first-order chi connectivity index (χ1) is 4.70. The summed E-state index contributed by atoms with van der Waals surface area (Å²) >= 11 is 0. The van der Waals surface area contributed by atoms with Gasteiger partial charge in [0.2, 0.25) is 0 Å². The molecule has 0 radical (unpaired) electrons. The summed E-state index contributed by atoms with van der Waals surface area (Å²) in [7, 11) is 1.76. The lowest BCUT2D eigenvalue weighted by Gasteiger charge is -2.13. The molecule has 3 heteroatoms. The lowest BCUT2D eigenvalue weighted by atomic mass is 10.3. The van der Waals surface area contributed by atoms with Crippen LogP contribution in [0.15, 0.2) is 24.3 Å². The summed E-state index contributed by atoms with van der Waals surface area (Å²) in [5.74, 6) is 7.27. The first-order valence-corrected chi connectivity index (χ1v) is 3.11. The Kier molecular flexibility index (Phi) is 1.89. The van der Waals surface area contributed by atoms with E-state index in [2.05, 4.69) is 0 Å². The van der Waals surface area contributed by atoms with Crippen molar-refractivity contribution in [2.24, 2.45) is 0 Å². The van der Waals surface area contributed by atoms with E-state index in [4.69, 9.17) is 11.6 Å². The fourth-order valence-electron chi connectivity index (χ4n) is 0.733. The molecule has 0 heterocycles. The van der Waals surface area contributed by atoms with Gasteiger partial charge in [0.05, 0.1) is 7.05 Å². The number of nitrogens with two attached hydrogens (primary N) is 1. The molecule has 0 spiro atoms. The minimum Gasteiger partial charge on any atom is -0.464 e. The van der Waals surface area contributed by atoms with Gasteiger partial charge in [-0.1, -0.05) is 0 Å². The largest absolute Gasteiger partial charge is 0.464 e. The number of benzene rings is 1. The van der Waals surface area contributed by atoms with Crippen molar-refractivity contribution in [3.8, 4) is 0 Å². The molecule has 1 atom stereocenters. The van der Waals surface area contributed by atoms with Crippen molar-refractivity contribution >= 4 is 11.4 Å². The quantitative estimate of drug-likeness (QED) is 0.426. The molecular formula is C7H11N3. The highest BCUT2D eigenvalue weighted by Crippen LogP contribution is 2.05. The van der Waals surface area contributed by atoms with E-state index in [-0.39, 0.29) is 0 Å². The minimum atomic E-state index is 0.569. The summed E-state index contributed by atoms with van der Waals surface area (Å²) in [6, 6.07) is 7.29. The van der Waals surface area contributed by atoms with Gasteiger partial charge in [-0.15, -0.1) is 0 Å². The van der Waals surface area contributed by atoms with Crippen LogP contribution in [0.1, 0.15) is 0 Å². The maximum atomic E-state index is 7.27. The SMILES string of the molecule is C[NH+]([NH-])c1ccc(N)cc1. The van der Waals surface area contributed by atoms with Gasteiger partial charge in [-0.3, -0.25) is 0 Å². The van der Waals surface area contributed by atoms with Crippen LogP contribution in [-0.4, -0.2) is 7.05 Å². The van der Waals surface area contributed by atoms with E-state index in [1.807, 2.05) is 12.1 Å². The van der Waals surface area contributed by atoms with Gasteiger partial charge in [-0.2, -0.15) is 0 Å². The van der Waals surface area contributed by atoms with Crippen LogP contribution in [0.5, 0.6) is 0 Å². The molecule has 0 fully saturated rings. The van der Waals surface area contributed by atoms with Crippen molar-refractivity contribution in [3.63, 3.8) is 0 Å². The van der Waals surface area contributed by atoms with Crippen LogP contribution < -0.4 is 10.7 Å². The molecule has 0 aliphatic rings. The average Bonchev–Trinajstić information content (AvgIpc) is 1.88. The second-order valence-electron chi connectivity index (χ2n) is 2.25. The third kappa shape index (κ3) is 1.46. The Hall–Kier alpha value is -1.06. The van der Waals surface area contributed by atoms with Crippen LogP contribution >= 0.6 is 0 Å². The minimum absolute atomic E-state index is 0.569. The molecule has 1 unspecified atom stereocenters. The fourth-order valence-corrected chi connectivity index (χ4v) is 0.733. The normalized spacial score (nSPS) is 13.0. The summed E-state index contributed by atoms with van der Waals surface area (Å²) in [6.45, 7) is 0. The van der Waals surface area contributed by atoms with Gasteiger partial charge in [0, 0.05) is 17.8 Å². The Morgan fingerprint density at radius 1 is 1.30 bits per heavy atom. The maximum Gasteiger partial charge on any atom is 0.121 e. The van der Waals surface area contributed by atoms with Gasteiger partial charge in [-0.05, 0) is 12.1 Å². The second-order valence-corrected chi connectivity index (χ2v) is 2.25. The zero-order chi connectivity index (χ0) is 7.56. The molecule has 3 nitrogen and oxygen atoms in total. The summed E-state index contributed by atoms with van der Waals surface area (Å²) in [4.78, 5) is 0. The topological polar surface area (TPSA) is 54.3 Å². The van der Waals surface area contributed by atoms with Crippen molar-refractivity contribution < 1.29 is 5.01 Å². The predicted molar refractivity (Wildman–Crippen MR) is 41.7 cm³/mol. The lowest BCUT2D eigenvalue weighted by Crippen LogP contribution is -2.96. The highest BCUT2D eigenvalue weighted by Gasteiger charge is 1.92. The molecule has 0 amide bonds. The van der Waals surface area contributed by atoms with Crippen LogP contribution in [0, 0.1) is 0 Å². The molecule has 10 heavy (non-hydrogen) atoms. The van der Waals surface area contributed by atoms with Crippen molar-refractivity contribution in [1.29, 1.82) is 0 Å². The number of nitrogen functional groups attached to an aromatic ring is 1. The van der Waals surface area contributed by atoms with Crippen molar-refractivity contribution in [3.05, 3.63) is 30.1 Å². The van der Waals surface area contributed by atoms with Crippen molar-refractivity contribution in [2.45, 2.75) is 0 Å². The standard InChI is InChI=1S/C7H11N3/c1-10(9)7-4-2-6(8)3-5-7/h2-5,9-10H,8H2,1H3. The Bertz CT molecular complexity index is 203. The highest BCUT2D eigenvalue weighted by atomic mass is 15.4. The van der Waals surface area contributed by atoms with E-state index in [0.29, 0.717) is 5.01 Å². The first-order valence-electron chi connectivity index (χ1n) is 3.11. The van der Waals surface area contributed by atoms with Gasteiger partial charge in [0.25, 0.3) is 0 Å². The highest BCUT2D eigenvalue weighted by molar-refractivity contribution is 5.44. The van der Waals surface area contributed by atoms with Gasteiger partial charge in [0.1, 0.15) is 5.69 Å². The van der Waals surface area contributed by atoms with Crippen molar-refractivity contribution in [1.82, 2.24) is 0 Å². The molecule has 0 saturated carbocycles. The third-order valence-corrected chi connectivity index (χ3v) is 1.34. The van der Waals surface area contributed by atoms with Crippen LogP contribution in [0.2, 0.25) is 0 Å². The molecule has 0 aromatic heterocycles. The van der Waals surface area contributed by atoms with Gasteiger partial charge in [-0.25, -0.2) is 0 Å². The molecule has 1 aromatic rings. The van der Waals surface area contributed by atoms with Crippen molar-refractivity contribution in [2.75, 3.05) is 12.8 Å². The van der Waals surface area contributed by atoms with E-state index in [1.165, 1.54) is 0 Å². The van der Waals surface area contributed by atoms with E-state index in [9.17, 15) is 0 Å². The van der Waals surface area contributed by atoms with E-state index < -0.39 is 0 Å². The Morgan fingerprint density at radius 3 is 2.20 bits per heavy atom. The number of anilines is 1. The first kappa shape index (κ1) is 7.05. The molecule has 0 saturated heterocycles. The van der Waals surface area contributed by atoms with E-state index >= 15 is 0 Å². The molecule has 4 N–H and O–H groups in total. The van der Waals surface area contributed by atoms with Crippen LogP contribution in [-0.2, 0) is 0 Å². The second kappa shape index (κ2) is 2.68. The Labute approximate surface area is 60.2 Å². The molecule has 0 bridgehead atoms. The number of hydrogen-bond donors (Lipinski definition) is 2. The van der Waals surface area contributed by atoms with Gasteiger partial charge in [0.15, 0.2) is 0 Å². The monoisotopic (exact) mass is 137 g/mol. The molecule has 1 aromatic carbocycles. The Balaban J connectivity index is 2.89. The lowest BCUT2D eigenvalue weighted by molar-refractivity contribution is -0.751. The summed E-state index contributed by atoms with van der Waals surface area (Å²) in [5, 5.41) is 0.569. The molecular weight excluding hydrogens is 126 g/mol. The maximum absolute atomic E-state index is 7.27. The molecule has 0 aliphatic heterocycles. The summed E-state index contributed by atoms with van der Waals surface area (Å²) in [6.07, 6.45) is 0. The van der Waals surface area contributed by atoms with E-state index in [1.54, 1.807) is 19.2 Å². The van der Waals surface area contributed by atoms with E-state index in [0.717, 1.165) is 11.4 Å². The smallest absolute Gasteiger partial charge is 0.121 e. The molecule has 54 valence electrons. The van der Waals surface area contributed by atoms with Gasteiger partial charge >= 0.3 is 0 Å². The molecule has 0 aliphatic carbocycles. The number of rotatable bonds is 1. The molecule has 1 rings (SSSR count). The predicted octanol–water partition coefficient (Wildman–Crippen LogP) is 0.382. The average molecular weight is 137 g/mol. The zero-order valence-electron chi connectivity index (χ0n) is 5.89. The zero-order valence-corrected chi connectivity index (χ0v) is 5.89. The van der Waals surface area contributed by atoms with Gasteiger partial charge < -0.3 is 16.6 Å². The summed E-state index contributed by atoms with van der Waals surface area (Å²) < 4.78 is 0. The van der Waals surface area contributed by atoms with Crippen LogP contribution in [0.25, 0.3) is 5.84 Å². The fraction of sp³-hybridized carbons (Fsp3) is 0.143. The number of hydrogen-bond acceptors (Lipinski definition) is 1. The number of nitrogens with one attached hydrogen (secondary N) is 2. The van der Waals surface area contributed by atoms with Crippen LogP contribution in [0.4, 0.5) is 11.4 Å². The summed E-state index contributed by atoms with van der Waals surface area (Å²) in [5.41, 5.74) is 7.12. The third-order valence-electron chi connectivity index (χ3n) is 1.34. The number of quaternary nitrogens is 1. The Morgan fingerprint density at radius 2 is 1.80 bits per heavy atom.